The molecule has 0 heterocycles. The maximum Gasteiger partial charge on any atom is 0.123 e. The molecular formula is C10H20F2O. The standard InChI is InChI=1S/C10H20F2O/c1-5-9(7(3)11)13-10(6-2)8(4)12/h7-10H,5-6H2,1-4H3. The average Bonchev–Trinajstić information content (AvgIpc) is 2.05. The van der Waals surface area contributed by atoms with Gasteiger partial charge in [0, 0.05) is 0 Å². The minimum atomic E-state index is -1.03. The van der Waals surface area contributed by atoms with E-state index in [-0.39, 0.29) is 0 Å². The summed E-state index contributed by atoms with van der Waals surface area (Å²) in [4.78, 5) is 0. The van der Waals surface area contributed by atoms with Crippen LogP contribution >= 0.6 is 0 Å². The molecule has 0 aromatic carbocycles. The lowest BCUT2D eigenvalue weighted by molar-refractivity contribution is -0.0771. The first-order chi connectivity index (χ1) is 6.02. The van der Waals surface area contributed by atoms with Gasteiger partial charge in [0.05, 0.1) is 12.2 Å². The Kier molecular flexibility index (Phi) is 6.21. The molecule has 0 aromatic rings. The molecule has 0 saturated carbocycles. The van der Waals surface area contributed by atoms with Crippen LogP contribution in [0.4, 0.5) is 8.78 Å². The summed E-state index contributed by atoms with van der Waals surface area (Å²) in [5.74, 6) is 0. The van der Waals surface area contributed by atoms with Crippen LogP contribution in [-0.2, 0) is 4.74 Å². The Hall–Kier alpha value is -0.180. The highest BCUT2D eigenvalue weighted by atomic mass is 19.1. The Morgan fingerprint density at radius 2 is 1.23 bits per heavy atom. The van der Waals surface area contributed by atoms with Gasteiger partial charge in [-0.2, -0.15) is 0 Å². The van der Waals surface area contributed by atoms with Gasteiger partial charge in [-0.25, -0.2) is 8.78 Å². The van der Waals surface area contributed by atoms with Crippen LogP contribution in [0.5, 0.6) is 0 Å². The van der Waals surface area contributed by atoms with E-state index in [2.05, 4.69) is 0 Å². The van der Waals surface area contributed by atoms with Gasteiger partial charge < -0.3 is 4.74 Å². The zero-order chi connectivity index (χ0) is 10.4. The fourth-order valence-electron chi connectivity index (χ4n) is 1.28. The molecule has 0 saturated heterocycles. The molecule has 0 N–H and O–H groups in total. The summed E-state index contributed by atoms with van der Waals surface area (Å²) in [5, 5.41) is 0. The zero-order valence-electron chi connectivity index (χ0n) is 8.89. The van der Waals surface area contributed by atoms with E-state index >= 15 is 0 Å². The number of alkyl halides is 2. The molecule has 0 aliphatic rings. The molecule has 80 valence electrons. The molecule has 0 fully saturated rings. The van der Waals surface area contributed by atoms with Crippen molar-refractivity contribution in [3.63, 3.8) is 0 Å². The van der Waals surface area contributed by atoms with Gasteiger partial charge in [-0.15, -0.1) is 0 Å². The van der Waals surface area contributed by atoms with Crippen LogP contribution in [0.2, 0.25) is 0 Å². The summed E-state index contributed by atoms with van der Waals surface area (Å²) < 4.78 is 31.1. The Balaban J connectivity index is 4.03. The molecule has 0 aromatic heterocycles. The van der Waals surface area contributed by atoms with Gasteiger partial charge >= 0.3 is 0 Å². The molecule has 0 amide bonds. The van der Waals surface area contributed by atoms with Crippen LogP contribution in [0.25, 0.3) is 0 Å². The van der Waals surface area contributed by atoms with Crippen LogP contribution in [0.15, 0.2) is 0 Å². The second-order valence-corrected chi connectivity index (χ2v) is 3.38. The third kappa shape index (κ3) is 4.55. The lowest BCUT2D eigenvalue weighted by Gasteiger charge is -2.25. The summed E-state index contributed by atoms with van der Waals surface area (Å²) in [6, 6.07) is 0. The summed E-state index contributed by atoms with van der Waals surface area (Å²) in [7, 11) is 0. The molecule has 0 bridgehead atoms. The molecule has 3 heteroatoms. The van der Waals surface area contributed by atoms with E-state index in [4.69, 9.17) is 4.74 Å². The third-order valence-corrected chi connectivity index (χ3v) is 2.18. The summed E-state index contributed by atoms with van der Waals surface area (Å²) in [5.41, 5.74) is 0. The predicted octanol–water partition coefficient (Wildman–Crippen LogP) is 3.28. The van der Waals surface area contributed by atoms with Gasteiger partial charge in [0.25, 0.3) is 0 Å². The first kappa shape index (κ1) is 12.8. The summed E-state index contributed by atoms with van der Waals surface area (Å²) >= 11 is 0. The lowest BCUT2D eigenvalue weighted by Crippen LogP contribution is -2.32. The maximum atomic E-state index is 12.9. The molecule has 0 spiro atoms. The Morgan fingerprint density at radius 3 is 1.38 bits per heavy atom. The van der Waals surface area contributed by atoms with Gasteiger partial charge in [0.1, 0.15) is 12.3 Å². The van der Waals surface area contributed by atoms with Crippen molar-refractivity contribution in [2.75, 3.05) is 0 Å². The quantitative estimate of drug-likeness (QED) is 0.630. The first-order valence-electron chi connectivity index (χ1n) is 4.96. The molecule has 4 unspecified atom stereocenters. The third-order valence-electron chi connectivity index (χ3n) is 2.18. The molecule has 4 atom stereocenters. The normalized spacial score (nSPS) is 20.8. The van der Waals surface area contributed by atoms with E-state index in [0.29, 0.717) is 12.8 Å². The fraction of sp³-hybridized carbons (Fsp3) is 1.00. The van der Waals surface area contributed by atoms with Crippen LogP contribution in [0.3, 0.4) is 0 Å². The number of rotatable bonds is 6. The minimum Gasteiger partial charge on any atom is -0.369 e. The van der Waals surface area contributed by atoms with Crippen molar-refractivity contribution in [1.29, 1.82) is 0 Å². The smallest absolute Gasteiger partial charge is 0.123 e. The van der Waals surface area contributed by atoms with E-state index in [0.717, 1.165) is 0 Å². The van der Waals surface area contributed by atoms with E-state index in [9.17, 15) is 8.78 Å². The maximum absolute atomic E-state index is 12.9. The number of halogens is 2. The van der Waals surface area contributed by atoms with E-state index < -0.39 is 24.6 Å². The molecule has 13 heavy (non-hydrogen) atoms. The van der Waals surface area contributed by atoms with Crippen molar-refractivity contribution in [3.8, 4) is 0 Å². The van der Waals surface area contributed by atoms with Crippen molar-refractivity contribution in [3.05, 3.63) is 0 Å². The lowest BCUT2D eigenvalue weighted by atomic mass is 10.1. The van der Waals surface area contributed by atoms with E-state index in [1.165, 1.54) is 13.8 Å². The van der Waals surface area contributed by atoms with Crippen molar-refractivity contribution in [1.82, 2.24) is 0 Å². The minimum absolute atomic E-state index is 0.469. The molecular weight excluding hydrogens is 174 g/mol. The van der Waals surface area contributed by atoms with Gasteiger partial charge in [0.15, 0.2) is 0 Å². The van der Waals surface area contributed by atoms with Crippen LogP contribution in [-0.4, -0.2) is 24.6 Å². The highest BCUT2D eigenvalue weighted by molar-refractivity contribution is 4.69. The SMILES string of the molecule is CCC(OC(CC)C(C)F)C(C)F. The predicted molar refractivity (Wildman–Crippen MR) is 50.4 cm³/mol. The molecule has 0 rings (SSSR count). The number of hydrogen-bond acceptors (Lipinski definition) is 1. The average molecular weight is 194 g/mol. The van der Waals surface area contributed by atoms with Crippen molar-refractivity contribution in [2.24, 2.45) is 0 Å². The van der Waals surface area contributed by atoms with Gasteiger partial charge in [-0.1, -0.05) is 13.8 Å². The number of hydrogen-bond donors (Lipinski definition) is 0. The monoisotopic (exact) mass is 194 g/mol. The Bertz CT molecular complexity index is 112. The van der Waals surface area contributed by atoms with Crippen LogP contribution in [0, 0.1) is 0 Å². The topological polar surface area (TPSA) is 9.23 Å². The van der Waals surface area contributed by atoms with Gasteiger partial charge in [-0.05, 0) is 26.7 Å². The fourth-order valence-corrected chi connectivity index (χ4v) is 1.28. The summed E-state index contributed by atoms with van der Waals surface area (Å²) in [6.45, 7) is 6.58. The van der Waals surface area contributed by atoms with Crippen molar-refractivity contribution < 1.29 is 13.5 Å². The molecule has 0 radical (unpaired) electrons. The van der Waals surface area contributed by atoms with Crippen molar-refractivity contribution >= 4 is 0 Å². The second kappa shape index (κ2) is 6.30. The Labute approximate surface area is 79.5 Å². The molecule has 1 nitrogen and oxygen atoms in total. The first-order valence-corrected chi connectivity index (χ1v) is 4.96. The molecule has 0 aliphatic carbocycles. The van der Waals surface area contributed by atoms with E-state index in [1.807, 2.05) is 13.8 Å². The second-order valence-electron chi connectivity index (χ2n) is 3.38. The largest absolute Gasteiger partial charge is 0.369 e. The molecule has 0 aliphatic heterocycles. The van der Waals surface area contributed by atoms with Crippen LogP contribution in [0.1, 0.15) is 40.5 Å². The van der Waals surface area contributed by atoms with Crippen LogP contribution < -0.4 is 0 Å². The number of ether oxygens (including phenoxy) is 1. The highest BCUT2D eigenvalue weighted by Gasteiger charge is 2.23. The Morgan fingerprint density at radius 1 is 0.923 bits per heavy atom. The highest BCUT2D eigenvalue weighted by Crippen LogP contribution is 2.16. The van der Waals surface area contributed by atoms with Gasteiger partial charge in [-0.3, -0.25) is 0 Å². The zero-order valence-corrected chi connectivity index (χ0v) is 8.89. The van der Waals surface area contributed by atoms with Gasteiger partial charge in [0.2, 0.25) is 0 Å². The summed E-state index contributed by atoms with van der Waals surface area (Å²) in [6.07, 6.45) is -1.83. The van der Waals surface area contributed by atoms with Crippen molar-refractivity contribution in [2.45, 2.75) is 65.1 Å². The van der Waals surface area contributed by atoms with E-state index in [1.54, 1.807) is 0 Å².